The van der Waals surface area contributed by atoms with Gasteiger partial charge in [-0.05, 0) is 17.3 Å². The second-order valence-corrected chi connectivity index (χ2v) is 7.74. The van der Waals surface area contributed by atoms with E-state index in [2.05, 4.69) is 0 Å². The Kier molecular flexibility index (Phi) is 7.66. The standard InChI is InChI=1S/C11H18F3IO2S.C2H6/c1-8(2)5-9(3,4)7-16-10(6-8,17-18-15)11(12,13)14;1-2/h5-7H2,1-4H3;1-2H3. The molecule has 0 aromatic heterocycles. The number of alkyl halides is 3. The third kappa shape index (κ3) is 5.53. The zero-order valence-electron chi connectivity index (χ0n) is 12.9. The first-order valence-electron chi connectivity index (χ1n) is 6.60. The molecule has 1 aliphatic rings. The highest BCUT2D eigenvalue weighted by Gasteiger charge is 2.62. The van der Waals surface area contributed by atoms with Crippen molar-refractivity contribution in [3.8, 4) is 0 Å². The van der Waals surface area contributed by atoms with Gasteiger partial charge in [0.1, 0.15) is 0 Å². The Bertz CT molecular complexity index is 308. The molecule has 0 aliphatic carbocycles. The van der Waals surface area contributed by atoms with Gasteiger partial charge in [-0.15, -0.1) is 0 Å². The van der Waals surface area contributed by atoms with Gasteiger partial charge < -0.3 is 4.74 Å². The zero-order chi connectivity index (χ0) is 16.2. The van der Waals surface area contributed by atoms with E-state index in [1.807, 2.05) is 41.5 Å². The summed E-state index contributed by atoms with van der Waals surface area (Å²) in [6.45, 7) is 11.5. The van der Waals surface area contributed by atoms with Gasteiger partial charge in [0, 0.05) is 27.6 Å². The molecule has 1 rings (SSSR count). The van der Waals surface area contributed by atoms with E-state index in [0.717, 1.165) is 0 Å². The summed E-state index contributed by atoms with van der Waals surface area (Å²) in [6, 6.07) is 0. The molecule has 0 saturated carbocycles. The lowest BCUT2D eigenvalue weighted by Crippen LogP contribution is -2.50. The van der Waals surface area contributed by atoms with Crippen LogP contribution in [0.4, 0.5) is 13.2 Å². The average Bonchev–Trinajstić information content (AvgIpc) is 2.34. The molecule has 2 nitrogen and oxygen atoms in total. The van der Waals surface area contributed by atoms with Crippen LogP contribution in [-0.2, 0) is 8.92 Å². The van der Waals surface area contributed by atoms with Gasteiger partial charge in [-0.1, -0.05) is 41.5 Å². The minimum atomic E-state index is -4.54. The van der Waals surface area contributed by atoms with Gasteiger partial charge in [0.15, 0.2) is 0 Å². The van der Waals surface area contributed by atoms with Crippen molar-refractivity contribution in [3.63, 3.8) is 0 Å². The van der Waals surface area contributed by atoms with Gasteiger partial charge >= 0.3 is 6.18 Å². The van der Waals surface area contributed by atoms with Crippen LogP contribution in [0.3, 0.4) is 0 Å². The number of rotatable bonds is 2. The van der Waals surface area contributed by atoms with Crippen LogP contribution in [0.1, 0.15) is 54.4 Å². The Morgan fingerprint density at radius 1 is 1.05 bits per heavy atom. The fourth-order valence-corrected chi connectivity index (χ4v) is 3.91. The van der Waals surface area contributed by atoms with Crippen LogP contribution in [0.2, 0.25) is 0 Å². The summed E-state index contributed by atoms with van der Waals surface area (Å²) in [7, 11) is 0.669. The minimum absolute atomic E-state index is 0.0349. The summed E-state index contributed by atoms with van der Waals surface area (Å²) in [5, 5.41) is 0. The molecule has 7 heteroatoms. The van der Waals surface area contributed by atoms with Gasteiger partial charge in [0.25, 0.3) is 5.79 Å². The lowest BCUT2D eigenvalue weighted by molar-refractivity contribution is -0.355. The van der Waals surface area contributed by atoms with Gasteiger partial charge in [-0.2, -0.15) is 13.2 Å². The quantitative estimate of drug-likeness (QED) is 0.388. The van der Waals surface area contributed by atoms with E-state index in [0.29, 0.717) is 15.6 Å². The van der Waals surface area contributed by atoms with E-state index in [4.69, 9.17) is 8.92 Å². The highest BCUT2D eigenvalue weighted by molar-refractivity contribution is 14.2. The monoisotopic (exact) mass is 428 g/mol. The summed E-state index contributed by atoms with van der Waals surface area (Å²) >= 11 is 1.69. The van der Waals surface area contributed by atoms with Crippen LogP contribution in [0, 0.1) is 10.8 Å². The Labute approximate surface area is 136 Å². The summed E-state index contributed by atoms with van der Waals surface area (Å²) in [6.07, 6.45) is -4.07. The van der Waals surface area contributed by atoms with E-state index in [9.17, 15) is 13.2 Å². The topological polar surface area (TPSA) is 18.5 Å². The Hall–Kier alpha value is 0.790. The second kappa shape index (κ2) is 7.37. The summed E-state index contributed by atoms with van der Waals surface area (Å²) in [4.78, 5) is 0. The predicted molar refractivity (Wildman–Crippen MR) is 85.6 cm³/mol. The van der Waals surface area contributed by atoms with Gasteiger partial charge in [0.2, 0.25) is 0 Å². The predicted octanol–water partition coefficient (Wildman–Crippen LogP) is 6.15. The molecular formula is C13H24F3IO2S. The number of hydrogen-bond acceptors (Lipinski definition) is 3. The minimum Gasteiger partial charge on any atom is -0.341 e. The first-order valence-corrected chi connectivity index (χ1v) is 9.89. The van der Waals surface area contributed by atoms with Crippen molar-refractivity contribution in [2.75, 3.05) is 6.61 Å². The molecule has 0 amide bonds. The largest absolute Gasteiger partial charge is 0.444 e. The Balaban J connectivity index is 0.00000172. The molecule has 1 saturated heterocycles. The summed E-state index contributed by atoms with van der Waals surface area (Å²) < 4.78 is 50.0. The van der Waals surface area contributed by atoms with Crippen molar-refractivity contribution in [2.45, 2.75) is 66.3 Å². The van der Waals surface area contributed by atoms with E-state index in [1.165, 1.54) is 0 Å². The molecule has 20 heavy (non-hydrogen) atoms. The number of halogens is 4. The van der Waals surface area contributed by atoms with Crippen molar-refractivity contribution in [1.82, 2.24) is 0 Å². The normalized spacial score (nSPS) is 29.1. The highest BCUT2D eigenvalue weighted by Crippen LogP contribution is 2.52. The smallest absolute Gasteiger partial charge is 0.341 e. The molecule has 0 radical (unpaired) electrons. The van der Waals surface area contributed by atoms with Crippen LogP contribution in [0.25, 0.3) is 0 Å². The van der Waals surface area contributed by atoms with E-state index < -0.39 is 17.4 Å². The third-order valence-electron chi connectivity index (χ3n) is 2.96. The van der Waals surface area contributed by atoms with Gasteiger partial charge in [-0.3, -0.25) is 4.18 Å². The molecule has 1 aliphatic heterocycles. The maximum Gasteiger partial charge on any atom is 0.444 e. The van der Waals surface area contributed by atoms with Crippen LogP contribution in [0.5, 0.6) is 0 Å². The van der Waals surface area contributed by atoms with Gasteiger partial charge in [-0.25, -0.2) is 0 Å². The van der Waals surface area contributed by atoms with Crippen LogP contribution in [0.15, 0.2) is 0 Å². The average molecular weight is 428 g/mol. The first kappa shape index (κ1) is 20.8. The van der Waals surface area contributed by atoms with Crippen molar-refractivity contribution in [1.29, 1.82) is 0 Å². The Morgan fingerprint density at radius 2 is 1.55 bits per heavy atom. The van der Waals surface area contributed by atoms with Crippen LogP contribution < -0.4 is 0 Å². The molecule has 122 valence electrons. The maximum atomic E-state index is 13.3. The van der Waals surface area contributed by atoms with Crippen molar-refractivity contribution >= 4 is 30.4 Å². The first-order chi connectivity index (χ1) is 8.93. The molecular weight excluding hydrogens is 404 g/mol. The molecule has 0 bridgehead atoms. The Morgan fingerprint density at radius 3 is 1.95 bits per heavy atom. The molecule has 1 atom stereocenters. The SMILES string of the molecule is CC.CC1(C)COC(OSI)(C(F)(F)F)CC(C)(C)C1. The number of ether oxygens (including phenoxy) is 1. The van der Waals surface area contributed by atoms with Crippen molar-refractivity contribution in [3.05, 3.63) is 0 Å². The molecule has 1 heterocycles. The molecule has 0 aromatic carbocycles. The highest BCUT2D eigenvalue weighted by atomic mass is 127. The lowest BCUT2D eigenvalue weighted by atomic mass is 9.73. The zero-order valence-corrected chi connectivity index (χ0v) is 15.8. The second-order valence-electron chi connectivity index (χ2n) is 6.37. The van der Waals surface area contributed by atoms with Crippen molar-refractivity contribution < 1.29 is 22.1 Å². The van der Waals surface area contributed by atoms with Crippen LogP contribution >= 0.6 is 30.4 Å². The lowest BCUT2D eigenvalue weighted by Gasteiger charge is -2.36. The van der Waals surface area contributed by atoms with E-state index >= 15 is 0 Å². The summed E-state index contributed by atoms with van der Waals surface area (Å²) in [5.74, 6) is -2.50. The summed E-state index contributed by atoms with van der Waals surface area (Å²) in [5.41, 5.74) is -0.794. The van der Waals surface area contributed by atoms with Crippen molar-refractivity contribution in [2.24, 2.45) is 10.8 Å². The fourth-order valence-electron chi connectivity index (χ4n) is 2.74. The fraction of sp³-hybridized carbons (Fsp3) is 1.00. The molecule has 0 spiro atoms. The molecule has 0 N–H and O–H groups in total. The van der Waals surface area contributed by atoms with E-state index in [-0.39, 0.29) is 18.4 Å². The van der Waals surface area contributed by atoms with E-state index in [1.54, 1.807) is 21.2 Å². The molecule has 0 aromatic rings. The molecule has 1 fully saturated rings. The van der Waals surface area contributed by atoms with Crippen LogP contribution in [-0.4, -0.2) is 18.6 Å². The number of hydrogen-bond donors (Lipinski definition) is 0. The maximum absolute atomic E-state index is 13.3. The van der Waals surface area contributed by atoms with Gasteiger partial charge in [0.05, 0.1) is 15.8 Å². The molecule has 1 unspecified atom stereocenters. The third-order valence-corrected chi connectivity index (χ3v) is 3.83.